The number of hydrogen-bond donors (Lipinski definition) is 1. The molecule has 1 aromatic rings. The van der Waals surface area contributed by atoms with E-state index in [9.17, 15) is 8.42 Å². The Labute approximate surface area is 124 Å². The summed E-state index contributed by atoms with van der Waals surface area (Å²) in [5.74, 6) is 0. The third kappa shape index (κ3) is 3.70. The van der Waals surface area contributed by atoms with Crippen LogP contribution in [0.5, 0.6) is 0 Å². The number of likely N-dealkylation sites (tertiary alicyclic amines) is 1. The molecule has 7 heteroatoms. The molecule has 1 saturated heterocycles. The van der Waals surface area contributed by atoms with Crippen molar-refractivity contribution in [1.82, 2.24) is 9.62 Å². The van der Waals surface area contributed by atoms with Crippen LogP contribution in [0.2, 0.25) is 5.02 Å². The van der Waals surface area contributed by atoms with Gasteiger partial charge in [0.15, 0.2) is 0 Å². The Morgan fingerprint density at radius 2 is 2.05 bits per heavy atom. The first kappa shape index (κ1) is 15.3. The minimum Gasteiger partial charge on any atom is -0.302 e. The van der Waals surface area contributed by atoms with Crippen LogP contribution in [0.15, 0.2) is 23.1 Å². The highest BCUT2D eigenvalue weighted by molar-refractivity contribution is 7.89. The number of nitrogens with zero attached hydrogens (tertiary/aromatic N) is 2. The quantitative estimate of drug-likeness (QED) is 0.896. The molecule has 1 aliphatic rings. The lowest BCUT2D eigenvalue weighted by atomic mass is 10.2. The molecule has 2 rings (SSSR count). The van der Waals surface area contributed by atoms with Crippen LogP contribution >= 0.6 is 11.6 Å². The van der Waals surface area contributed by atoms with Crippen LogP contribution in [0, 0.1) is 11.3 Å². The van der Waals surface area contributed by atoms with Crippen molar-refractivity contribution >= 4 is 21.6 Å². The van der Waals surface area contributed by atoms with Gasteiger partial charge in [0.2, 0.25) is 10.0 Å². The molecule has 1 heterocycles. The van der Waals surface area contributed by atoms with Crippen molar-refractivity contribution in [3.63, 3.8) is 0 Å². The van der Waals surface area contributed by atoms with Crippen molar-refractivity contribution in [1.29, 1.82) is 5.26 Å². The predicted octanol–water partition coefficient (Wildman–Crippen LogP) is 1.59. The summed E-state index contributed by atoms with van der Waals surface area (Å²) in [6, 6.07) is 6.01. The monoisotopic (exact) mass is 313 g/mol. The number of sulfonamides is 1. The molecule has 0 spiro atoms. The summed E-state index contributed by atoms with van der Waals surface area (Å²) in [5.41, 5.74) is 0.266. The number of hydrogen-bond acceptors (Lipinski definition) is 4. The average molecular weight is 314 g/mol. The van der Waals surface area contributed by atoms with E-state index in [2.05, 4.69) is 9.62 Å². The van der Waals surface area contributed by atoms with Crippen molar-refractivity contribution in [2.75, 3.05) is 26.2 Å². The van der Waals surface area contributed by atoms with E-state index in [1.165, 1.54) is 31.0 Å². The minimum atomic E-state index is -3.57. The Kier molecular flexibility index (Phi) is 5.00. The molecule has 5 nitrogen and oxygen atoms in total. The Balaban J connectivity index is 1.99. The van der Waals surface area contributed by atoms with Crippen LogP contribution in [0.25, 0.3) is 0 Å². The molecule has 1 aromatic carbocycles. The Morgan fingerprint density at radius 1 is 1.35 bits per heavy atom. The Bertz CT molecular complexity index is 619. The van der Waals surface area contributed by atoms with Gasteiger partial charge in [-0.1, -0.05) is 11.6 Å². The average Bonchev–Trinajstić information content (AvgIpc) is 2.91. The standard InChI is InChI=1S/C13H16ClN3O2S/c14-13-9-12(4-3-11(13)10-15)20(18,19)16-5-8-17-6-1-2-7-17/h3-4,9,16H,1-2,5-8H2. The summed E-state index contributed by atoms with van der Waals surface area (Å²) < 4.78 is 26.7. The third-order valence-electron chi connectivity index (χ3n) is 3.29. The lowest BCUT2D eigenvalue weighted by molar-refractivity contribution is 0.344. The van der Waals surface area contributed by atoms with Crippen molar-refractivity contribution < 1.29 is 8.42 Å². The van der Waals surface area contributed by atoms with Gasteiger partial charge in [-0.25, -0.2) is 13.1 Å². The van der Waals surface area contributed by atoms with E-state index in [4.69, 9.17) is 16.9 Å². The Hall–Kier alpha value is -1.13. The zero-order valence-electron chi connectivity index (χ0n) is 11.0. The number of nitriles is 1. The largest absolute Gasteiger partial charge is 0.302 e. The maximum atomic E-state index is 12.1. The SMILES string of the molecule is N#Cc1ccc(S(=O)(=O)NCCN2CCCC2)cc1Cl. The Morgan fingerprint density at radius 3 is 2.65 bits per heavy atom. The number of rotatable bonds is 5. The molecule has 1 N–H and O–H groups in total. The van der Waals surface area contributed by atoms with Crippen LogP contribution in [-0.2, 0) is 10.0 Å². The topological polar surface area (TPSA) is 73.2 Å². The smallest absolute Gasteiger partial charge is 0.240 e. The third-order valence-corrected chi connectivity index (χ3v) is 5.06. The summed E-state index contributed by atoms with van der Waals surface area (Å²) in [4.78, 5) is 2.32. The summed E-state index contributed by atoms with van der Waals surface area (Å²) in [7, 11) is -3.57. The van der Waals surface area contributed by atoms with Crippen LogP contribution < -0.4 is 4.72 Å². The van der Waals surface area contributed by atoms with Gasteiger partial charge >= 0.3 is 0 Å². The van der Waals surface area contributed by atoms with Crippen LogP contribution in [0.4, 0.5) is 0 Å². The molecule has 1 aliphatic heterocycles. The molecule has 108 valence electrons. The van der Waals surface area contributed by atoms with Gasteiger partial charge in [0.1, 0.15) is 6.07 Å². The molecule has 1 fully saturated rings. The van der Waals surface area contributed by atoms with Crippen LogP contribution in [-0.4, -0.2) is 39.5 Å². The van der Waals surface area contributed by atoms with Gasteiger partial charge in [-0.3, -0.25) is 0 Å². The highest BCUT2D eigenvalue weighted by Gasteiger charge is 2.17. The van der Waals surface area contributed by atoms with Gasteiger partial charge in [-0.15, -0.1) is 0 Å². The second-order valence-electron chi connectivity index (χ2n) is 4.70. The van der Waals surface area contributed by atoms with E-state index in [0.717, 1.165) is 13.1 Å². The lowest BCUT2D eigenvalue weighted by Crippen LogP contribution is -2.33. The summed E-state index contributed by atoms with van der Waals surface area (Å²) in [6.45, 7) is 3.15. The minimum absolute atomic E-state index is 0.0860. The molecule has 0 aromatic heterocycles. The van der Waals surface area contributed by atoms with E-state index < -0.39 is 10.0 Å². The van der Waals surface area contributed by atoms with E-state index in [-0.39, 0.29) is 15.5 Å². The molecule has 0 amide bonds. The second-order valence-corrected chi connectivity index (χ2v) is 6.87. The van der Waals surface area contributed by atoms with Gasteiger partial charge in [0.25, 0.3) is 0 Å². The molecular formula is C13H16ClN3O2S. The summed E-state index contributed by atoms with van der Waals surface area (Å²) >= 11 is 5.85. The van der Waals surface area contributed by atoms with Gasteiger partial charge in [0.05, 0.1) is 15.5 Å². The first-order valence-corrected chi connectivity index (χ1v) is 8.31. The van der Waals surface area contributed by atoms with Gasteiger partial charge in [-0.05, 0) is 44.1 Å². The van der Waals surface area contributed by atoms with Crippen molar-refractivity contribution in [3.8, 4) is 6.07 Å². The molecule has 0 atom stereocenters. The lowest BCUT2D eigenvalue weighted by Gasteiger charge is -2.15. The number of benzene rings is 1. The zero-order chi connectivity index (χ0) is 14.6. The normalized spacial score (nSPS) is 16.2. The van der Waals surface area contributed by atoms with Gasteiger partial charge < -0.3 is 4.90 Å². The van der Waals surface area contributed by atoms with E-state index in [1.54, 1.807) is 0 Å². The van der Waals surface area contributed by atoms with Crippen molar-refractivity contribution in [2.45, 2.75) is 17.7 Å². The fourth-order valence-corrected chi connectivity index (χ4v) is 3.52. The second kappa shape index (κ2) is 6.55. The maximum Gasteiger partial charge on any atom is 0.240 e. The highest BCUT2D eigenvalue weighted by Crippen LogP contribution is 2.20. The first-order chi connectivity index (χ1) is 9.53. The molecule has 0 aliphatic carbocycles. The van der Waals surface area contributed by atoms with Crippen LogP contribution in [0.1, 0.15) is 18.4 Å². The summed E-state index contributed by atoms with van der Waals surface area (Å²) in [6.07, 6.45) is 2.36. The van der Waals surface area contributed by atoms with Crippen molar-refractivity contribution in [2.24, 2.45) is 0 Å². The molecule has 0 saturated carbocycles. The molecular weight excluding hydrogens is 298 g/mol. The zero-order valence-corrected chi connectivity index (χ0v) is 12.5. The van der Waals surface area contributed by atoms with E-state index in [0.29, 0.717) is 13.1 Å². The fourth-order valence-electron chi connectivity index (χ4n) is 2.18. The van der Waals surface area contributed by atoms with Crippen LogP contribution in [0.3, 0.4) is 0 Å². The molecule has 0 unspecified atom stereocenters. The fraction of sp³-hybridized carbons (Fsp3) is 0.462. The maximum absolute atomic E-state index is 12.1. The van der Waals surface area contributed by atoms with Gasteiger partial charge in [0, 0.05) is 13.1 Å². The molecule has 0 bridgehead atoms. The number of nitrogens with one attached hydrogen (secondary N) is 1. The predicted molar refractivity (Wildman–Crippen MR) is 77.0 cm³/mol. The molecule has 20 heavy (non-hydrogen) atoms. The first-order valence-electron chi connectivity index (χ1n) is 6.44. The van der Waals surface area contributed by atoms with Gasteiger partial charge in [-0.2, -0.15) is 5.26 Å². The van der Waals surface area contributed by atoms with E-state index in [1.807, 2.05) is 6.07 Å². The number of halogens is 1. The highest BCUT2D eigenvalue weighted by atomic mass is 35.5. The van der Waals surface area contributed by atoms with E-state index >= 15 is 0 Å². The van der Waals surface area contributed by atoms with Crippen molar-refractivity contribution in [3.05, 3.63) is 28.8 Å². The summed E-state index contributed by atoms with van der Waals surface area (Å²) in [5, 5.41) is 8.92. The molecule has 0 radical (unpaired) electrons.